The van der Waals surface area contributed by atoms with E-state index in [2.05, 4.69) is 0 Å². The molecule has 4 nitrogen and oxygen atoms in total. The van der Waals surface area contributed by atoms with Gasteiger partial charge in [0.15, 0.2) is 0 Å². The fourth-order valence-electron chi connectivity index (χ4n) is 0.328. The number of carboxylic acid groups (broad SMARTS) is 1. The topological polar surface area (TPSA) is 60.8 Å². The predicted molar refractivity (Wildman–Crippen MR) is 52.5 cm³/mol. The molecule has 1 unspecified atom stereocenters. The van der Waals surface area contributed by atoms with Gasteiger partial charge in [0.25, 0.3) is 0 Å². The van der Waals surface area contributed by atoms with Gasteiger partial charge in [0, 0.05) is 6.42 Å². The van der Waals surface area contributed by atoms with Gasteiger partial charge in [0.05, 0.1) is 0 Å². The second-order valence-corrected chi connectivity index (χ2v) is 3.09. The van der Waals surface area contributed by atoms with Crippen LogP contribution >= 0.6 is 0 Å². The zero-order valence-corrected chi connectivity index (χ0v) is 8.95. The number of aliphatic carboxylic acids is 1. The molecule has 2 N–H and O–H groups in total. The molecule has 13 heavy (non-hydrogen) atoms. The van der Waals surface area contributed by atoms with Gasteiger partial charge >= 0.3 is 5.97 Å². The van der Waals surface area contributed by atoms with Crippen LogP contribution in [0.5, 0.6) is 0 Å². The summed E-state index contributed by atoms with van der Waals surface area (Å²) in [5, 5.41) is 16.6. The lowest BCUT2D eigenvalue weighted by Gasteiger charge is -2.11. The third-order valence-electron chi connectivity index (χ3n) is 1.49. The van der Waals surface area contributed by atoms with Crippen LogP contribution in [0.4, 0.5) is 0 Å². The maximum absolute atomic E-state index is 9.76. The number of carboxylic acids is 1. The molecule has 0 aromatic heterocycles. The standard InChI is InChI=1S/C5H10O2.C4H11NO/c1-2-3-4-5(6)7;1-4(6)5(2)3/h2-4H2,1H3,(H,6,7);4,6H,1-3H3. The van der Waals surface area contributed by atoms with Crippen molar-refractivity contribution in [1.29, 1.82) is 0 Å². The van der Waals surface area contributed by atoms with Crippen LogP contribution in [-0.2, 0) is 4.79 Å². The highest BCUT2D eigenvalue weighted by molar-refractivity contribution is 5.66. The van der Waals surface area contributed by atoms with Gasteiger partial charge in [-0.25, -0.2) is 0 Å². The van der Waals surface area contributed by atoms with Crippen LogP contribution in [0.3, 0.4) is 0 Å². The third kappa shape index (κ3) is 18.4. The SMILES string of the molecule is CC(O)N(C)C.CCCCC(=O)O. The van der Waals surface area contributed by atoms with Gasteiger partial charge in [-0.2, -0.15) is 0 Å². The van der Waals surface area contributed by atoms with Crippen LogP contribution in [0, 0.1) is 0 Å². The molecule has 0 aliphatic rings. The van der Waals surface area contributed by atoms with E-state index in [0.717, 1.165) is 12.8 Å². The minimum Gasteiger partial charge on any atom is -0.481 e. The van der Waals surface area contributed by atoms with Crippen LogP contribution in [-0.4, -0.2) is 41.4 Å². The molecule has 0 aliphatic heterocycles. The van der Waals surface area contributed by atoms with E-state index in [1.54, 1.807) is 11.8 Å². The molecule has 0 spiro atoms. The molecule has 0 heterocycles. The number of hydrogen-bond donors (Lipinski definition) is 2. The highest BCUT2D eigenvalue weighted by atomic mass is 16.4. The molecule has 0 bridgehead atoms. The first-order valence-corrected chi connectivity index (χ1v) is 4.48. The van der Waals surface area contributed by atoms with Gasteiger partial charge in [0.2, 0.25) is 0 Å². The number of aliphatic hydroxyl groups excluding tert-OH is 1. The molecule has 0 amide bonds. The minimum atomic E-state index is -0.693. The lowest BCUT2D eigenvalue weighted by molar-refractivity contribution is -0.137. The van der Waals surface area contributed by atoms with Gasteiger partial charge in [-0.3, -0.25) is 9.69 Å². The summed E-state index contributed by atoms with van der Waals surface area (Å²) in [5.74, 6) is -0.693. The molecule has 0 saturated carbocycles. The van der Waals surface area contributed by atoms with E-state index in [1.165, 1.54) is 0 Å². The first-order chi connectivity index (χ1) is 5.91. The van der Waals surface area contributed by atoms with Gasteiger partial charge in [0.1, 0.15) is 6.23 Å². The Morgan fingerprint density at radius 1 is 1.46 bits per heavy atom. The highest BCUT2D eigenvalue weighted by Gasteiger charge is 1.92. The van der Waals surface area contributed by atoms with Gasteiger partial charge in [-0.15, -0.1) is 0 Å². The fraction of sp³-hybridized carbons (Fsp3) is 0.889. The third-order valence-corrected chi connectivity index (χ3v) is 1.49. The summed E-state index contributed by atoms with van der Waals surface area (Å²) in [6.45, 7) is 3.70. The monoisotopic (exact) mass is 191 g/mol. The van der Waals surface area contributed by atoms with Crippen LogP contribution in [0.2, 0.25) is 0 Å². The van der Waals surface area contributed by atoms with Crippen molar-refractivity contribution < 1.29 is 15.0 Å². The van der Waals surface area contributed by atoms with Crippen molar-refractivity contribution in [2.45, 2.75) is 39.3 Å². The minimum absolute atomic E-state index is 0.315. The molecule has 0 aliphatic carbocycles. The number of rotatable bonds is 4. The zero-order valence-electron chi connectivity index (χ0n) is 8.95. The molecular formula is C9H21NO3. The first kappa shape index (κ1) is 14.9. The number of carbonyl (C=O) groups is 1. The molecule has 0 saturated heterocycles. The van der Waals surface area contributed by atoms with Crippen molar-refractivity contribution in [3.63, 3.8) is 0 Å². The molecule has 0 aromatic rings. The summed E-state index contributed by atoms with van der Waals surface area (Å²) in [5.41, 5.74) is 0. The Balaban J connectivity index is 0. The van der Waals surface area contributed by atoms with Crippen molar-refractivity contribution in [3.05, 3.63) is 0 Å². The van der Waals surface area contributed by atoms with E-state index >= 15 is 0 Å². The van der Waals surface area contributed by atoms with E-state index in [9.17, 15) is 4.79 Å². The summed E-state index contributed by atoms with van der Waals surface area (Å²) in [7, 11) is 3.65. The predicted octanol–water partition coefficient (Wildman–Crippen LogP) is 1.15. The van der Waals surface area contributed by atoms with E-state index in [4.69, 9.17) is 10.2 Å². The summed E-state index contributed by atoms with van der Waals surface area (Å²) >= 11 is 0. The van der Waals surface area contributed by atoms with Gasteiger partial charge in [-0.05, 0) is 27.4 Å². The molecule has 80 valence electrons. The van der Waals surface area contributed by atoms with Crippen LogP contribution in [0.25, 0.3) is 0 Å². The second-order valence-electron chi connectivity index (χ2n) is 3.09. The normalized spacial score (nSPS) is 11.8. The Bertz CT molecular complexity index is 118. The lowest BCUT2D eigenvalue weighted by Crippen LogP contribution is -2.23. The maximum atomic E-state index is 9.76. The van der Waals surface area contributed by atoms with Crippen molar-refractivity contribution in [2.24, 2.45) is 0 Å². The van der Waals surface area contributed by atoms with E-state index in [1.807, 2.05) is 21.0 Å². The maximum Gasteiger partial charge on any atom is 0.303 e. The lowest BCUT2D eigenvalue weighted by atomic mass is 10.3. The second kappa shape index (κ2) is 9.48. The van der Waals surface area contributed by atoms with Crippen LogP contribution in [0.1, 0.15) is 33.1 Å². The molecule has 0 aromatic carbocycles. The van der Waals surface area contributed by atoms with Crippen molar-refractivity contribution in [1.82, 2.24) is 4.90 Å². The fourth-order valence-corrected chi connectivity index (χ4v) is 0.328. The highest BCUT2D eigenvalue weighted by Crippen LogP contribution is 1.91. The van der Waals surface area contributed by atoms with Gasteiger partial charge in [-0.1, -0.05) is 13.3 Å². The van der Waals surface area contributed by atoms with E-state index in [-0.39, 0.29) is 6.23 Å². The Hall–Kier alpha value is -0.610. The molecule has 4 heteroatoms. The van der Waals surface area contributed by atoms with Crippen molar-refractivity contribution in [3.8, 4) is 0 Å². The first-order valence-electron chi connectivity index (χ1n) is 4.48. The summed E-state index contributed by atoms with van der Waals surface area (Å²) in [6.07, 6.45) is 1.77. The zero-order chi connectivity index (χ0) is 10.9. The Labute approximate surface area is 80.2 Å². The number of unbranched alkanes of at least 4 members (excludes halogenated alkanes) is 1. The largest absolute Gasteiger partial charge is 0.481 e. The number of hydrogen-bond acceptors (Lipinski definition) is 3. The number of aliphatic hydroxyl groups is 1. The Morgan fingerprint density at radius 3 is 1.92 bits per heavy atom. The van der Waals surface area contributed by atoms with Crippen LogP contribution < -0.4 is 0 Å². The molecule has 0 rings (SSSR count). The summed E-state index contributed by atoms with van der Waals surface area (Å²) < 4.78 is 0. The average molecular weight is 191 g/mol. The Morgan fingerprint density at radius 2 is 1.85 bits per heavy atom. The summed E-state index contributed by atoms with van der Waals surface area (Å²) in [4.78, 5) is 11.5. The molecule has 0 radical (unpaired) electrons. The molecular weight excluding hydrogens is 170 g/mol. The van der Waals surface area contributed by atoms with Gasteiger partial charge < -0.3 is 10.2 Å². The van der Waals surface area contributed by atoms with E-state index < -0.39 is 5.97 Å². The van der Waals surface area contributed by atoms with E-state index in [0.29, 0.717) is 6.42 Å². The van der Waals surface area contributed by atoms with Crippen LogP contribution in [0.15, 0.2) is 0 Å². The molecule has 0 fully saturated rings. The Kier molecular flexibility index (Phi) is 10.9. The number of nitrogens with zero attached hydrogens (tertiary/aromatic N) is 1. The molecule has 1 atom stereocenters. The van der Waals surface area contributed by atoms with Crippen molar-refractivity contribution in [2.75, 3.05) is 14.1 Å². The summed E-state index contributed by atoms with van der Waals surface area (Å²) in [6, 6.07) is 0. The van der Waals surface area contributed by atoms with Crippen molar-refractivity contribution >= 4 is 5.97 Å². The average Bonchev–Trinajstić information content (AvgIpc) is 2.01. The quantitative estimate of drug-likeness (QED) is 0.654. The smallest absolute Gasteiger partial charge is 0.303 e.